The highest BCUT2D eigenvalue weighted by Gasteiger charge is 2.09. The van der Waals surface area contributed by atoms with Crippen LogP contribution >= 0.6 is 34.7 Å². The van der Waals surface area contributed by atoms with Crippen LogP contribution in [0.4, 0.5) is 0 Å². The van der Waals surface area contributed by atoms with Crippen LogP contribution in [0.3, 0.4) is 0 Å². The van der Waals surface area contributed by atoms with E-state index in [0.29, 0.717) is 5.02 Å². The van der Waals surface area contributed by atoms with E-state index in [1.165, 1.54) is 11.8 Å². The minimum atomic E-state index is -0.00433. The number of nitrogens with zero attached hydrogens (tertiary/aromatic N) is 2. The van der Waals surface area contributed by atoms with Crippen molar-refractivity contribution in [2.45, 2.75) is 29.1 Å². The fourth-order valence-electron chi connectivity index (χ4n) is 1.30. The normalized spacial score (nSPS) is 12.7. The molecule has 0 aliphatic carbocycles. The first kappa shape index (κ1) is 12.8. The lowest BCUT2D eigenvalue weighted by molar-refractivity contribution is 0.817. The predicted molar refractivity (Wildman–Crippen MR) is 72.8 cm³/mol. The van der Waals surface area contributed by atoms with Crippen LogP contribution in [0.1, 0.15) is 23.5 Å². The number of hydrogen-bond acceptors (Lipinski definition) is 5. The van der Waals surface area contributed by atoms with Gasteiger partial charge >= 0.3 is 0 Å². The Bertz CT molecular complexity index is 525. The maximum Gasteiger partial charge on any atom is 0.179 e. The molecule has 0 amide bonds. The number of hydrogen-bond donors (Lipinski definition) is 1. The van der Waals surface area contributed by atoms with Crippen molar-refractivity contribution in [1.82, 2.24) is 10.2 Å². The highest BCUT2D eigenvalue weighted by molar-refractivity contribution is 8.01. The van der Waals surface area contributed by atoms with Gasteiger partial charge in [-0.1, -0.05) is 40.8 Å². The molecule has 0 saturated heterocycles. The predicted octanol–water partition coefficient (Wildman–Crippen LogP) is 3.67. The van der Waals surface area contributed by atoms with E-state index in [0.717, 1.165) is 19.8 Å². The van der Waals surface area contributed by atoms with Gasteiger partial charge in [0, 0.05) is 10.9 Å². The van der Waals surface area contributed by atoms with Gasteiger partial charge in [0.1, 0.15) is 5.01 Å². The molecule has 1 aromatic carbocycles. The van der Waals surface area contributed by atoms with E-state index >= 15 is 0 Å². The number of nitrogens with two attached hydrogens (primary N) is 1. The third-order valence-electron chi connectivity index (χ3n) is 2.19. The summed E-state index contributed by atoms with van der Waals surface area (Å²) in [6.07, 6.45) is 0. The number of rotatable bonds is 3. The monoisotopic (exact) mass is 285 g/mol. The third kappa shape index (κ3) is 3.19. The fraction of sp³-hybridized carbons (Fsp3) is 0.273. The van der Waals surface area contributed by atoms with E-state index in [-0.39, 0.29) is 6.04 Å². The Hall–Kier alpha value is -0.620. The summed E-state index contributed by atoms with van der Waals surface area (Å²) < 4.78 is 0.901. The molecule has 2 aromatic rings. The van der Waals surface area contributed by atoms with Gasteiger partial charge < -0.3 is 5.73 Å². The molecular weight excluding hydrogens is 274 g/mol. The zero-order valence-electron chi connectivity index (χ0n) is 9.48. The van der Waals surface area contributed by atoms with Gasteiger partial charge in [-0.3, -0.25) is 0 Å². The first-order valence-electron chi connectivity index (χ1n) is 5.09. The second-order valence-corrected chi connectivity index (χ2v) is 6.55. The van der Waals surface area contributed by atoms with Crippen LogP contribution in [0.15, 0.2) is 27.4 Å². The van der Waals surface area contributed by atoms with Crippen molar-refractivity contribution in [3.8, 4) is 0 Å². The van der Waals surface area contributed by atoms with Gasteiger partial charge in [-0.15, -0.1) is 10.2 Å². The van der Waals surface area contributed by atoms with Crippen LogP contribution in [0.2, 0.25) is 5.02 Å². The van der Waals surface area contributed by atoms with Crippen LogP contribution in [-0.2, 0) is 0 Å². The molecule has 0 unspecified atom stereocenters. The molecule has 0 spiro atoms. The summed E-state index contributed by atoms with van der Waals surface area (Å²) in [5, 5.41) is 9.69. The third-order valence-corrected chi connectivity index (χ3v) is 4.58. The SMILES string of the molecule is Cc1nnc(Sc2ccc([C@@H](C)N)cc2Cl)s1. The molecule has 90 valence electrons. The smallest absolute Gasteiger partial charge is 0.179 e. The first-order chi connectivity index (χ1) is 8.06. The molecular formula is C11H12ClN3S2. The van der Waals surface area contributed by atoms with Crippen molar-refractivity contribution in [3.05, 3.63) is 33.8 Å². The second kappa shape index (κ2) is 5.35. The number of benzene rings is 1. The summed E-state index contributed by atoms with van der Waals surface area (Å²) >= 11 is 9.30. The summed E-state index contributed by atoms with van der Waals surface area (Å²) in [5.74, 6) is 0. The zero-order valence-corrected chi connectivity index (χ0v) is 11.9. The summed E-state index contributed by atoms with van der Waals surface area (Å²) in [7, 11) is 0. The summed E-state index contributed by atoms with van der Waals surface area (Å²) in [4.78, 5) is 0.979. The summed E-state index contributed by atoms with van der Waals surface area (Å²) in [6.45, 7) is 3.87. The quantitative estimate of drug-likeness (QED) is 0.935. The first-order valence-corrected chi connectivity index (χ1v) is 7.10. The van der Waals surface area contributed by atoms with Gasteiger partial charge in [0.2, 0.25) is 0 Å². The van der Waals surface area contributed by atoms with E-state index in [1.54, 1.807) is 11.3 Å². The maximum absolute atomic E-state index is 6.21. The van der Waals surface area contributed by atoms with Crippen LogP contribution < -0.4 is 5.73 Å². The van der Waals surface area contributed by atoms with Crippen molar-refractivity contribution < 1.29 is 0 Å². The van der Waals surface area contributed by atoms with Gasteiger partial charge in [0.25, 0.3) is 0 Å². The molecule has 1 atom stereocenters. The Morgan fingerprint density at radius 2 is 2.18 bits per heavy atom. The molecule has 1 aromatic heterocycles. The van der Waals surface area contributed by atoms with E-state index < -0.39 is 0 Å². The molecule has 3 nitrogen and oxygen atoms in total. The average molecular weight is 286 g/mol. The van der Waals surface area contributed by atoms with Crippen LogP contribution in [-0.4, -0.2) is 10.2 Å². The lowest BCUT2D eigenvalue weighted by Gasteiger charge is -2.08. The van der Waals surface area contributed by atoms with E-state index in [2.05, 4.69) is 10.2 Å². The van der Waals surface area contributed by atoms with Gasteiger partial charge in [-0.25, -0.2) is 0 Å². The lowest BCUT2D eigenvalue weighted by Crippen LogP contribution is -2.04. The van der Waals surface area contributed by atoms with Crippen LogP contribution in [0, 0.1) is 6.92 Å². The van der Waals surface area contributed by atoms with Gasteiger partial charge in [0.05, 0.1) is 5.02 Å². The second-order valence-electron chi connectivity index (χ2n) is 3.67. The molecule has 2 rings (SSSR count). The molecule has 17 heavy (non-hydrogen) atoms. The van der Waals surface area contributed by atoms with Crippen molar-refractivity contribution in [3.63, 3.8) is 0 Å². The standard InChI is InChI=1S/C11H12ClN3S2/c1-6(13)8-3-4-10(9(12)5-8)17-11-15-14-7(2)16-11/h3-6H,13H2,1-2H3/t6-/m1/s1. The van der Waals surface area contributed by atoms with Crippen LogP contribution in [0.25, 0.3) is 0 Å². The lowest BCUT2D eigenvalue weighted by atomic mass is 10.1. The van der Waals surface area contributed by atoms with E-state index in [1.807, 2.05) is 32.0 Å². The summed E-state index contributed by atoms with van der Waals surface area (Å²) in [5.41, 5.74) is 6.84. The Morgan fingerprint density at radius 1 is 1.41 bits per heavy atom. The Balaban J connectivity index is 2.22. The van der Waals surface area contributed by atoms with Gasteiger partial charge in [-0.2, -0.15) is 0 Å². The Kier molecular flexibility index (Phi) is 4.04. The van der Waals surface area contributed by atoms with Gasteiger partial charge in [0.15, 0.2) is 4.34 Å². The van der Waals surface area contributed by atoms with Crippen molar-refractivity contribution in [2.24, 2.45) is 5.73 Å². The van der Waals surface area contributed by atoms with Gasteiger partial charge in [-0.05, 0) is 31.5 Å². The zero-order chi connectivity index (χ0) is 12.4. The van der Waals surface area contributed by atoms with Crippen molar-refractivity contribution in [1.29, 1.82) is 0 Å². The minimum absolute atomic E-state index is 0.00433. The Morgan fingerprint density at radius 3 is 2.71 bits per heavy atom. The maximum atomic E-state index is 6.21. The van der Waals surface area contributed by atoms with Crippen LogP contribution in [0.5, 0.6) is 0 Å². The van der Waals surface area contributed by atoms with E-state index in [9.17, 15) is 0 Å². The largest absolute Gasteiger partial charge is 0.324 e. The highest BCUT2D eigenvalue weighted by atomic mass is 35.5. The molecule has 0 fully saturated rings. The molecule has 0 aliphatic rings. The average Bonchev–Trinajstić information content (AvgIpc) is 2.67. The van der Waals surface area contributed by atoms with Crippen molar-refractivity contribution >= 4 is 34.7 Å². The topological polar surface area (TPSA) is 51.8 Å². The molecule has 0 bridgehead atoms. The molecule has 1 heterocycles. The number of halogens is 1. The summed E-state index contributed by atoms with van der Waals surface area (Å²) in [6, 6.07) is 5.87. The van der Waals surface area contributed by atoms with E-state index in [4.69, 9.17) is 17.3 Å². The molecule has 0 saturated carbocycles. The fourth-order valence-corrected chi connectivity index (χ4v) is 3.38. The molecule has 6 heteroatoms. The molecule has 0 radical (unpaired) electrons. The number of aryl methyl sites for hydroxylation is 1. The molecule has 0 aliphatic heterocycles. The highest BCUT2D eigenvalue weighted by Crippen LogP contribution is 2.35. The Labute approximate surface area is 113 Å². The van der Waals surface area contributed by atoms with Crippen molar-refractivity contribution in [2.75, 3.05) is 0 Å². The molecule has 2 N–H and O–H groups in total. The number of aromatic nitrogens is 2. The minimum Gasteiger partial charge on any atom is -0.324 e.